The molecule has 0 spiro atoms. The third kappa shape index (κ3) is 1.97. The van der Waals surface area contributed by atoms with Gasteiger partial charge in [-0.05, 0) is 43.9 Å². The molecule has 1 heterocycles. The fourth-order valence-corrected chi connectivity index (χ4v) is 3.67. The van der Waals surface area contributed by atoms with Crippen LogP contribution in [0.15, 0.2) is 0 Å². The normalized spacial score (nSPS) is 32.2. The fourth-order valence-electron chi connectivity index (χ4n) is 2.18. The summed E-state index contributed by atoms with van der Waals surface area (Å²) in [5, 5.41) is 4.61. The van der Waals surface area contributed by atoms with Crippen LogP contribution in [0, 0.1) is 5.92 Å². The smallest absolute Gasteiger partial charge is 0.0214 e. The Morgan fingerprint density at radius 2 is 2.25 bits per heavy atom. The summed E-state index contributed by atoms with van der Waals surface area (Å²) in [6.45, 7) is 3.38. The van der Waals surface area contributed by atoms with Gasteiger partial charge in [0.05, 0.1) is 0 Å². The molecule has 70 valence electrons. The van der Waals surface area contributed by atoms with E-state index in [0.717, 1.165) is 23.8 Å². The molecule has 0 aromatic carbocycles. The van der Waals surface area contributed by atoms with Crippen LogP contribution in [0.4, 0.5) is 0 Å². The third-order valence-corrected chi connectivity index (χ3v) is 4.42. The van der Waals surface area contributed by atoms with E-state index in [1.54, 1.807) is 0 Å². The first-order valence-corrected chi connectivity index (χ1v) is 6.31. The zero-order valence-corrected chi connectivity index (χ0v) is 8.70. The van der Waals surface area contributed by atoms with Gasteiger partial charge in [-0.2, -0.15) is 11.8 Å². The minimum atomic E-state index is 0.850. The highest BCUT2D eigenvalue weighted by atomic mass is 32.2. The number of hydrogen-bond acceptors (Lipinski definition) is 2. The zero-order valence-electron chi connectivity index (χ0n) is 7.88. The second kappa shape index (κ2) is 4.01. The SMILES string of the molecule is CCNC(C1CC1)C1CCCS1. The average Bonchev–Trinajstić information content (AvgIpc) is 2.77. The maximum atomic E-state index is 3.67. The van der Waals surface area contributed by atoms with E-state index in [0.29, 0.717) is 0 Å². The van der Waals surface area contributed by atoms with E-state index in [9.17, 15) is 0 Å². The number of rotatable bonds is 4. The zero-order chi connectivity index (χ0) is 8.39. The van der Waals surface area contributed by atoms with Crippen LogP contribution in [0.3, 0.4) is 0 Å². The van der Waals surface area contributed by atoms with Gasteiger partial charge in [0, 0.05) is 11.3 Å². The van der Waals surface area contributed by atoms with E-state index in [-0.39, 0.29) is 0 Å². The predicted octanol–water partition coefficient (Wildman–Crippen LogP) is 2.27. The molecule has 0 bridgehead atoms. The Labute approximate surface area is 79.7 Å². The summed E-state index contributed by atoms with van der Waals surface area (Å²) in [5.41, 5.74) is 0. The summed E-state index contributed by atoms with van der Waals surface area (Å²) < 4.78 is 0. The van der Waals surface area contributed by atoms with E-state index in [4.69, 9.17) is 0 Å². The van der Waals surface area contributed by atoms with Crippen molar-refractivity contribution in [1.82, 2.24) is 5.32 Å². The van der Waals surface area contributed by atoms with Crippen LogP contribution in [0.5, 0.6) is 0 Å². The molecule has 2 atom stereocenters. The van der Waals surface area contributed by atoms with Crippen LogP contribution in [-0.4, -0.2) is 23.6 Å². The topological polar surface area (TPSA) is 12.0 Å². The van der Waals surface area contributed by atoms with Gasteiger partial charge in [-0.15, -0.1) is 0 Å². The van der Waals surface area contributed by atoms with Crippen molar-refractivity contribution in [2.24, 2.45) is 5.92 Å². The van der Waals surface area contributed by atoms with Crippen molar-refractivity contribution in [3.05, 3.63) is 0 Å². The first-order valence-electron chi connectivity index (χ1n) is 5.27. The number of hydrogen-bond donors (Lipinski definition) is 1. The van der Waals surface area contributed by atoms with Gasteiger partial charge < -0.3 is 5.32 Å². The van der Waals surface area contributed by atoms with E-state index in [1.165, 1.54) is 31.4 Å². The van der Waals surface area contributed by atoms with Crippen molar-refractivity contribution >= 4 is 11.8 Å². The van der Waals surface area contributed by atoms with Crippen molar-refractivity contribution < 1.29 is 0 Å². The Balaban J connectivity index is 1.85. The van der Waals surface area contributed by atoms with Gasteiger partial charge in [-0.3, -0.25) is 0 Å². The standard InChI is InChI=1S/C10H19NS/c1-2-11-10(8-5-6-8)9-4-3-7-12-9/h8-11H,2-7H2,1H3. The van der Waals surface area contributed by atoms with E-state index in [1.807, 2.05) is 0 Å². The quantitative estimate of drug-likeness (QED) is 0.721. The van der Waals surface area contributed by atoms with Gasteiger partial charge in [0.15, 0.2) is 0 Å². The van der Waals surface area contributed by atoms with Gasteiger partial charge >= 0.3 is 0 Å². The summed E-state index contributed by atoms with van der Waals surface area (Å²) in [5.74, 6) is 2.43. The average molecular weight is 185 g/mol. The fraction of sp³-hybridized carbons (Fsp3) is 1.00. The second-order valence-electron chi connectivity index (χ2n) is 3.97. The Morgan fingerprint density at radius 1 is 1.42 bits per heavy atom. The summed E-state index contributed by atoms with van der Waals surface area (Å²) in [7, 11) is 0. The first-order chi connectivity index (χ1) is 5.92. The highest BCUT2D eigenvalue weighted by Gasteiger charge is 2.37. The van der Waals surface area contributed by atoms with Crippen molar-refractivity contribution in [1.29, 1.82) is 0 Å². The Hall–Kier alpha value is 0.310. The van der Waals surface area contributed by atoms with Crippen LogP contribution in [0.1, 0.15) is 32.6 Å². The maximum Gasteiger partial charge on any atom is 0.0214 e. The third-order valence-electron chi connectivity index (χ3n) is 2.94. The lowest BCUT2D eigenvalue weighted by atomic mass is 10.1. The highest BCUT2D eigenvalue weighted by Crippen LogP contribution is 2.40. The van der Waals surface area contributed by atoms with E-state index < -0.39 is 0 Å². The minimum absolute atomic E-state index is 0.850. The van der Waals surface area contributed by atoms with Crippen LogP contribution in [-0.2, 0) is 0 Å². The molecule has 0 radical (unpaired) electrons. The molecule has 1 saturated heterocycles. The summed E-state index contributed by atoms with van der Waals surface area (Å²) in [6.07, 6.45) is 5.87. The molecule has 0 amide bonds. The monoisotopic (exact) mass is 185 g/mol. The molecule has 12 heavy (non-hydrogen) atoms. The molecule has 1 nitrogen and oxygen atoms in total. The van der Waals surface area contributed by atoms with Crippen LogP contribution in [0.2, 0.25) is 0 Å². The van der Waals surface area contributed by atoms with E-state index >= 15 is 0 Å². The van der Waals surface area contributed by atoms with Gasteiger partial charge in [-0.1, -0.05) is 6.92 Å². The number of nitrogens with one attached hydrogen (secondary N) is 1. The second-order valence-corrected chi connectivity index (χ2v) is 5.32. The molecule has 0 aromatic rings. The number of thioether (sulfide) groups is 1. The van der Waals surface area contributed by atoms with Gasteiger partial charge in [0.25, 0.3) is 0 Å². The largest absolute Gasteiger partial charge is 0.313 e. The first kappa shape index (κ1) is 8.89. The molecular weight excluding hydrogens is 166 g/mol. The molecule has 2 unspecified atom stereocenters. The van der Waals surface area contributed by atoms with Gasteiger partial charge in [0.1, 0.15) is 0 Å². The highest BCUT2D eigenvalue weighted by molar-refractivity contribution is 8.00. The lowest BCUT2D eigenvalue weighted by molar-refractivity contribution is 0.451. The minimum Gasteiger partial charge on any atom is -0.313 e. The van der Waals surface area contributed by atoms with Crippen LogP contribution in [0.25, 0.3) is 0 Å². The maximum absolute atomic E-state index is 3.67. The molecule has 0 aromatic heterocycles. The predicted molar refractivity (Wildman–Crippen MR) is 55.7 cm³/mol. The van der Waals surface area contributed by atoms with E-state index in [2.05, 4.69) is 24.0 Å². The van der Waals surface area contributed by atoms with Crippen molar-refractivity contribution in [2.75, 3.05) is 12.3 Å². The van der Waals surface area contributed by atoms with Crippen LogP contribution >= 0.6 is 11.8 Å². The summed E-state index contributed by atoms with van der Waals surface area (Å²) in [4.78, 5) is 0. The molecule has 1 aliphatic carbocycles. The molecule has 1 N–H and O–H groups in total. The van der Waals surface area contributed by atoms with Gasteiger partial charge in [-0.25, -0.2) is 0 Å². The molecular formula is C10H19NS. The van der Waals surface area contributed by atoms with Gasteiger partial charge in [0.2, 0.25) is 0 Å². The molecule has 2 aliphatic rings. The Kier molecular flexibility index (Phi) is 2.97. The lowest BCUT2D eigenvalue weighted by Crippen LogP contribution is -2.38. The van der Waals surface area contributed by atoms with Crippen molar-refractivity contribution in [3.63, 3.8) is 0 Å². The Morgan fingerprint density at radius 3 is 2.75 bits per heavy atom. The lowest BCUT2D eigenvalue weighted by Gasteiger charge is -2.23. The molecule has 2 rings (SSSR count). The molecule has 1 saturated carbocycles. The Bertz CT molecular complexity index is 139. The molecule has 2 heteroatoms. The molecule has 1 aliphatic heterocycles. The van der Waals surface area contributed by atoms with Crippen molar-refractivity contribution in [3.8, 4) is 0 Å². The molecule has 2 fully saturated rings. The van der Waals surface area contributed by atoms with Crippen LogP contribution < -0.4 is 5.32 Å². The summed E-state index contributed by atoms with van der Waals surface area (Å²) >= 11 is 2.20. The van der Waals surface area contributed by atoms with Crippen molar-refractivity contribution in [2.45, 2.75) is 43.9 Å². The summed E-state index contributed by atoms with van der Waals surface area (Å²) in [6, 6.07) is 0.850.